The molecule has 96 valence electrons. The zero-order valence-electron chi connectivity index (χ0n) is 9.82. The van der Waals surface area contributed by atoms with E-state index < -0.39 is 0 Å². The molecule has 0 unspecified atom stereocenters. The minimum Gasteiger partial charge on any atom is -0.379 e. The van der Waals surface area contributed by atoms with Crippen LogP contribution >= 0.6 is 11.3 Å². The number of rotatable bonds is 4. The maximum Gasteiger partial charge on any atom is 0.150 e. The van der Waals surface area contributed by atoms with Gasteiger partial charge in [-0.25, -0.2) is 19.0 Å². The van der Waals surface area contributed by atoms with Gasteiger partial charge in [-0.15, -0.1) is 11.3 Å². The van der Waals surface area contributed by atoms with E-state index in [1.165, 1.54) is 34.7 Å². The summed E-state index contributed by atoms with van der Waals surface area (Å²) in [6.07, 6.45) is 2.83. The average molecular weight is 275 g/mol. The highest BCUT2D eigenvalue weighted by Crippen LogP contribution is 2.18. The number of benzene rings is 1. The lowest BCUT2D eigenvalue weighted by molar-refractivity contribution is 0.611. The van der Waals surface area contributed by atoms with Crippen LogP contribution in [0.3, 0.4) is 0 Å². The number of aromatic nitrogens is 4. The summed E-state index contributed by atoms with van der Waals surface area (Å²) >= 11 is 1.53. The lowest BCUT2D eigenvalue weighted by Crippen LogP contribution is -2.02. The van der Waals surface area contributed by atoms with Crippen molar-refractivity contribution in [2.75, 3.05) is 5.32 Å². The first-order valence-electron chi connectivity index (χ1n) is 5.58. The van der Waals surface area contributed by atoms with Crippen LogP contribution in [0.25, 0.3) is 5.69 Å². The van der Waals surface area contributed by atoms with E-state index in [1.54, 1.807) is 17.6 Å². The molecular formula is C12H10FN5S. The van der Waals surface area contributed by atoms with Gasteiger partial charge < -0.3 is 5.32 Å². The largest absolute Gasteiger partial charge is 0.379 e. The van der Waals surface area contributed by atoms with Crippen LogP contribution in [0.2, 0.25) is 0 Å². The van der Waals surface area contributed by atoms with Crippen LogP contribution in [-0.4, -0.2) is 19.7 Å². The van der Waals surface area contributed by atoms with Crippen molar-refractivity contribution in [3.63, 3.8) is 0 Å². The van der Waals surface area contributed by atoms with Crippen LogP contribution in [0, 0.1) is 5.82 Å². The first-order chi connectivity index (χ1) is 9.33. The van der Waals surface area contributed by atoms with E-state index in [2.05, 4.69) is 20.4 Å². The molecule has 0 atom stereocenters. The minimum absolute atomic E-state index is 0.353. The van der Waals surface area contributed by atoms with Gasteiger partial charge in [0, 0.05) is 11.1 Å². The predicted molar refractivity (Wildman–Crippen MR) is 70.8 cm³/mol. The second-order valence-electron chi connectivity index (χ2n) is 3.84. The summed E-state index contributed by atoms with van der Waals surface area (Å²) in [6, 6.07) is 4.89. The van der Waals surface area contributed by atoms with Crippen molar-refractivity contribution in [2.24, 2.45) is 0 Å². The monoisotopic (exact) mass is 275 g/mol. The third kappa shape index (κ3) is 2.60. The molecule has 0 aliphatic carbocycles. The molecule has 2 aromatic heterocycles. The van der Waals surface area contributed by atoms with Gasteiger partial charge in [-0.05, 0) is 18.2 Å². The highest BCUT2D eigenvalue weighted by molar-refractivity contribution is 7.07. The number of hydrogen-bond donors (Lipinski definition) is 1. The Hall–Kier alpha value is -2.28. The molecule has 0 aliphatic rings. The zero-order valence-corrected chi connectivity index (χ0v) is 10.6. The minimum atomic E-state index is -0.353. The highest BCUT2D eigenvalue weighted by Gasteiger charge is 2.06. The van der Waals surface area contributed by atoms with E-state index in [0.29, 0.717) is 17.9 Å². The molecule has 0 radical (unpaired) electrons. The fourth-order valence-corrected chi connectivity index (χ4v) is 2.21. The number of anilines is 1. The van der Waals surface area contributed by atoms with Gasteiger partial charge in [0.15, 0.2) is 5.82 Å². The smallest absolute Gasteiger partial charge is 0.150 e. The molecule has 1 aromatic carbocycles. The average Bonchev–Trinajstić information content (AvgIpc) is 3.10. The molecule has 5 nitrogen and oxygen atoms in total. The first-order valence-corrected chi connectivity index (χ1v) is 6.53. The van der Waals surface area contributed by atoms with E-state index in [-0.39, 0.29) is 5.82 Å². The summed E-state index contributed by atoms with van der Waals surface area (Å²) in [7, 11) is 0. The SMILES string of the molecule is Fc1cc(NCc2cscn2)ccc1-n1cncn1. The number of nitrogens with zero attached hydrogens (tertiary/aromatic N) is 4. The molecule has 0 amide bonds. The molecule has 2 heterocycles. The molecule has 19 heavy (non-hydrogen) atoms. The summed E-state index contributed by atoms with van der Waals surface area (Å²) in [5, 5.41) is 8.97. The molecule has 0 saturated carbocycles. The van der Waals surface area contributed by atoms with E-state index in [9.17, 15) is 4.39 Å². The normalized spacial score (nSPS) is 10.6. The fourth-order valence-electron chi connectivity index (χ4n) is 1.65. The Morgan fingerprint density at radius 3 is 3.00 bits per heavy atom. The molecular weight excluding hydrogens is 265 g/mol. The predicted octanol–water partition coefficient (Wildman–Crippen LogP) is 2.47. The van der Waals surface area contributed by atoms with Crippen LogP contribution in [0.4, 0.5) is 10.1 Å². The Balaban J connectivity index is 1.76. The van der Waals surface area contributed by atoms with Crippen LogP contribution in [0.1, 0.15) is 5.69 Å². The molecule has 1 N–H and O–H groups in total. The van der Waals surface area contributed by atoms with E-state index in [0.717, 1.165) is 5.69 Å². The standard InChI is InChI=1S/C12H10FN5S/c13-11-3-9(15-4-10-5-19-8-16-10)1-2-12(11)18-7-14-6-17-18/h1-3,5-8,15H,4H2. The maximum atomic E-state index is 13.9. The van der Waals surface area contributed by atoms with Crippen molar-refractivity contribution in [1.29, 1.82) is 0 Å². The van der Waals surface area contributed by atoms with Gasteiger partial charge >= 0.3 is 0 Å². The number of nitrogens with one attached hydrogen (secondary N) is 1. The molecule has 0 saturated heterocycles. The van der Waals surface area contributed by atoms with Crippen molar-refractivity contribution in [3.05, 3.63) is 53.3 Å². The van der Waals surface area contributed by atoms with Crippen molar-refractivity contribution in [2.45, 2.75) is 6.54 Å². The van der Waals surface area contributed by atoms with E-state index >= 15 is 0 Å². The molecule has 0 bridgehead atoms. The number of hydrogen-bond acceptors (Lipinski definition) is 5. The van der Waals surface area contributed by atoms with Crippen LogP contribution in [0.15, 0.2) is 41.7 Å². The van der Waals surface area contributed by atoms with Crippen LogP contribution in [-0.2, 0) is 6.54 Å². The zero-order chi connectivity index (χ0) is 13.1. The summed E-state index contributed by atoms with van der Waals surface area (Å²) in [6.45, 7) is 0.575. The second kappa shape index (κ2) is 5.15. The van der Waals surface area contributed by atoms with Crippen molar-refractivity contribution >= 4 is 17.0 Å². The maximum absolute atomic E-state index is 13.9. The molecule has 3 aromatic rings. The third-order valence-electron chi connectivity index (χ3n) is 2.57. The van der Waals surface area contributed by atoms with Gasteiger partial charge in [0.25, 0.3) is 0 Å². The van der Waals surface area contributed by atoms with Crippen molar-refractivity contribution in [1.82, 2.24) is 19.7 Å². The first kappa shape index (κ1) is 11.8. The highest BCUT2D eigenvalue weighted by atomic mass is 32.1. The van der Waals surface area contributed by atoms with Crippen molar-refractivity contribution in [3.8, 4) is 5.69 Å². The second-order valence-corrected chi connectivity index (χ2v) is 4.56. The number of thiazole rings is 1. The molecule has 0 fully saturated rings. The topological polar surface area (TPSA) is 55.6 Å². The summed E-state index contributed by atoms with van der Waals surface area (Å²) in [5.41, 5.74) is 3.78. The van der Waals surface area contributed by atoms with Gasteiger partial charge in [-0.3, -0.25) is 0 Å². The Morgan fingerprint density at radius 1 is 1.37 bits per heavy atom. The molecule has 0 aliphatic heterocycles. The summed E-state index contributed by atoms with van der Waals surface area (Å²) < 4.78 is 15.3. The Bertz CT molecular complexity index is 651. The Labute approximate surface area is 112 Å². The lowest BCUT2D eigenvalue weighted by atomic mass is 10.2. The van der Waals surface area contributed by atoms with Gasteiger partial charge in [-0.2, -0.15) is 5.10 Å². The Kier molecular flexibility index (Phi) is 3.20. The molecule has 7 heteroatoms. The summed E-state index contributed by atoms with van der Waals surface area (Å²) in [5.74, 6) is -0.353. The third-order valence-corrected chi connectivity index (χ3v) is 3.21. The van der Waals surface area contributed by atoms with Gasteiger partial charge in [-0.1, -0.05) is 0 Å². The lowest BCUT2D eigenvalue weighted by Gasteiger charge is -2.07. The van der Waals surface area contributed by atoms with Crippen LogP contribution in [0.5, 0.6) is 0 Å². The van der Waals surface area contributed by atoms with Crippen LogP contribution < -0.4 is 5.32 Å². The van der Waals surface area contributed by atoms with Crippen molar-refractivity contribution < 1.29 is 4.39 Å². The quantitative estimate of drug-likeness (QED) is 0.794. The molecule has 3 rings (SSSR count). The Morgan fingerprint density at radius 2 is 2.32 bits per heavy atom. The molecule has 0 spiro atoms. The van der Waals surface area contributed by atoms with E-state index in [4.69, 9.17) is 0 Å². The van der Waals surface area contributed by atoms with E-state index in [1.807, 2.05) is 5.38 Å². The van der Waals surface area contributed by atoms with Gasteiger partial charge in [0.2, 0.25) is 0 Å². The fraction of sp³-hybridized carbons (Fsp3) is 0.0833. The summed E-state index contributed by atoms with van der Waals surface area (Å²) in [4.78, 5) is 7.95. The van der Waals surface area contributed by atoms with Gasteiger partial charge in [0.1, 0.15) is 18.3 Å². The van der Waals surface area contributed by atoms with Gasteiger partial charge in [0.05, 0.1) is 17.7 Å². The number of halogens is 1.